The van der Waals surface area contributed by atoms with Crippen LogP contribution in [0.3, 0.4) is 0 Å². The zero-order chi connectivity index (χ0) is 19.5. The summed E-state index contributed by atoms with van der Waals surface area (Å²) in [7, 11) is 3.92. The van der Waals surface area contributed by atoms with Crippen molar-refractivity contribution in [3.8, 4) is 0 Å². The van der Waals surface area contributed by atoms with Crippen molar-refractivity contribution in [2.75, 3.05) is 45.2 Å². The first kappa shape index (κ1) is 19.6. The molecule has 154 valence electrons. The number of carbonyl (C=O) groups is 1. The van der Waals surface area contributed by atoms with Crippen LogP contribution in [0.25, 0.3) is 0 Å². The van der Waals surface area contributed by atoms with Crippen molar-refractivity contribution in [1.82, 2.24) is 25.1 Å². The van der Waals surface area contributed by atoms with Crippen LogP contribution in [-0.2, 0) is 11.3 Å². The minimum atomic E-state index is 0.194. The fraction of sp³-hybridized carbons (Fsp3) is 0.762. The Labute approximate surface area is 168 Å². The molecule has 28 heavy (non-hydrogen) atoms. The van der Waals surface area contributed by atoms with Gasteiger partial charge >= 0.3 is 0 Å². The number of anilines is 1. The molecule has 7 nitrogen and oxygen atoms in total. The Balaban J connectivity index is 1.23. The molecule has 1 saturated carbocycles. The molecule has 4 rings (SSSR count). The van der Waals surface area contributed by atoms with Crippen molar-refractivity contribution in [3.05, 3.63) is 18.0 Å². The molecule has 3 fully saturated rings. The van der Waals surface area contributed by atoms with Crippen LogP contribution in [0.2, 0.25) is 0 Å². The van der Waals surface area contributed by atoms with E-state index in [1.807, 2.05) is 31.4 Å². The maximum atomic E-state index is 12.4. The Bertz CT molecular complexity index is 651. The molecule has 0 unspecified atom stereocenters. The predicted octanol–water partition coefficient (Wildman–Crippen LogP) is 1.50. The van der Waals surface area contributed by atoms with Crippen LogP contribution in [0.5, 0.6) is 0 Å². The van der Waals surface area contributed by atoms with Gasteiger partial charge in [0.15, 0.2) is 0 Å². The number of nitrogens with zero attached hydrogens (tertiary/aromatic N) is 5. The second-order valence-corrected chi connectivity index (χ2v) is 8.91. The van der Waals surface area contributed by atoms with Gasteiger partial charge in [-0.25, -0.2) is 9.97 Å². The first-order valence-electron chi connectivity index (χ1n) is 10.8. The fourth-order valence-corrected chi connectivity index (χ4v) is 4.46. The number of piperidine rings is 2. The lowest BCUT2D eigenvalue weighted by atomic mass is 9.93. The van der Waals surface area contributed by atoms with Crippen LogP contribution in [0.15, 0.2) is 12.4 Å². The summed E-state index contributed by atoms with van der Waals surface area (Å²) in [6.07, 6.45) is 10.8. The maximum Gasteiger partial charge on any atom is 0.224 e. The Hall–Kier alpha value is -1.73. The van der Waals surface area contributed by atoms with Crippen molar-refractivity contribution in [2.24, 2.45) is 5.92 Å². The topological polar surface area (TPSA) is 64.6 Å². The monoisotopic (exact) mass is 386 g/mol. The Morgan fingerprint density at radius 2 is 1.82 bits per heavy atom. The van der Waals surface area contributed by atoms with E-state index in [4.69, 9.17) is 0 Å². The van der Waals surface area contributed by atoms with E-state index in [-0.39, 0.29) is 5.92 Å². The van der Waals surface area contributed by atoms with E-state index in [2.05, 4.69) is 25.1 Å². The quantitative estimate of drug-likeness (QED) is 0.799. The summed E-state index contributed by atoms with van der Waals surface area (Å²) in [4.78, 5) is 28.3. The molecular formula is C21H34N6O. The molecule has 7 heteroatoms. The van der Waals surface area contributed by atoms with Crippen molar-refractivity contribution in [1.29, 1.82) is 0 Å². The van der Waals surface area contributed by atoms with E-state index in [1.54, 1.807) is 0 Å². The Morgan fingerprint density at radius 1 is 1.11 bits per heavy atom. The molecule has 1 atom stereocenters. The van der Waals surface area contributed by atoms with Crippen LogP contribution in [0, 0.1) is 5.92 Å². The molecule has 0 aromatic carbocycles. The molecule has 1 aliphatic carbocycles. The van der Waals surface area contributed by atoms with Gasteiger partial charge in [-0.15, -0.1) is 0 Å². The van der Waals surface area contributed by atoms with Gasteiger partial charge in [-0.1, -0.05) is 0 Å². The van der Waals surface area contributed by atoms with Crippen molar-refractivity contribution >= 4 is 11.9 Å². The third-order valence-electron chi connectivity index (χ3n) is 6.32. The summed E-state index contributed by atoms with van der Waals surface area (Å²) in [5, 5.41) is 3.20. The molecule has 1 amide bonds. The van der Waals surface area contributed by atoms with Gasteiger partial charge in [-0.3, -0.25) is 14.6 Å². The SMILES string of the molecule is CN(C)c1ncc(CN2CCC(N3CCC[C@@H](C(=O)NC4CC4)C3)CC2)cn1. The van der Waals surface area contributed by atoms with Crippen LogP contribution >= 0.6 is 0 Å². The van der Waals surface area contributed by atoms with E-state index < -0.39 is 0 Å². The number of hydrogen-bond acceptors (Lipinski definition) is 6. The van der Waals surface area contributed by atoms with E-state index in [9.17, 15) is 4.79 Å². The normalized spacial score (nSPS) is 24.9. The molecule has 1 aromatic heterocycles. The molecule has 0 radical (unpaired) electrons. The average molecular weight is 387 g/mol. The first-order valence-corrected chi connectivity index (χ1v) is 10.8. The third-order valence-corrected chi connectivity index (χ3v) is 6.32. The zero-order valence-corrected chi connectivity index (χ0v) is 17.3. The summed E-state index contributed by atoms with van der Waals surface area (Å²) in [6.45, 7) is 5.23. The van der Waals surface area contributed by atoms with Gasteiger partial charge in [0.1, 0.15) is 0 Å². The Morgan fingerprint density at radius 3 is 2.46 bits per heavy atom. The van der Waals surface area contributed by atoms with Crippen molar-refractivity contribution in [3.63, 3.8) is 0 Å². The van der Waals surface area contributed by atoms with Gasteiger partial charge in [0.25, 0.3) is 0 Å². The number of hydrogen-bond donors (Lipinski definition) is 1. The summed E-state index contributed by atoms with van der Waals surface area (Å²) < 4.78 is 0. The number of aromatic nitrogens is 2. The van der Waals surface area contributed by atoms with E-state index in [0.29, 0.717) is 18.0 Å². The van der Waals surface area contributed by atoms with Crippen molar-refractivity contribution in [2.45, 2.75) is 57.2 Å². The molecule has 1 aromatic rings. The molecule has 2 saturated heterocycles. The summed E-state index contributed by atoms with van der Waals surface area (Å²) in [5.74, 6) is 1.25. The van der Waals surface area contributed by atoms with E-state index >= 15 is 0 Å². The van der Waals surface area contributed by atoms with E-state index in [0.717, 1.165) is 51.5 Å². The third kappa shape index (κ3) is 5.00. The number of amides is 1. The highest BCUT2D eigenvalue weighted by Crippen LogP contribution is 2.26. The van der Waals surface area contributed by atoms with Crippen LogP contribution in [0.4, 0.5) is 5.95 Å². The highest BCUT2D eigenvalue weighted by molar-refractivity contribution is 5.79. The molecule has 1 N–H and O–H groups in total. The van der Waals surface area contributed by atoms with Crippen LogP contribution in [0.1, 0.15) is 44.1 Å². The van der Waals surface area contributed by atoms with Crippen LogP contribution in [-0.4, -0.2) is 78.0 Å². The largest absolute Gasteiger partial charge is 0.353 e. The smallest absolute Gasteiger partial charge is 0.224 e. The summed E-state index contributed by atoms with van der Waals surface area (Å²) >= 11 is 0. The van der Waals surface area contributed by atoms with Crippen molar-refractivity contribution < 1.29 is 4.79 Å². The number of nitrogens with one attached hydrogen (secondary N) is 1. The lowest BCUT2D eigenvalue weighted by Gasteiger charge is -2.42. The Kier molecular flexibility index (Phi) is 6.11. The summed E-state index contributed by atoms with van der Waals surface area (Å²) in [6, 6.07) is 1.10. The number of likely N-dealkylation sites (tertiary alicyclic amines) is 2. The standard InChI is InChI=1S/C21H34N6O/c1-25(2)21-22-12-16(13-23-21)14-26-10-7-19(8-11-26)27-9-3-4-17(15-27)20(28)24-18-5-6-18/h12-13,17-19H,3-11,14-15H2,1-2H3,(H,24,28)/t17-/m1/s1. The second kappa shape index (κ2) is 8.74. The number of carbonyl (C=O) groups excluding carboxylic acids is 1. The lowest BCUT2D eigenvalue weighted by molar-refractivity contribution is -0.127. The fourth-order valence-electron chi connectivity index (χ4n) is 4.46. The lowest BCUT2D eigenvalue weighted by Crippen LogP contribution is -2.50. The molecular weight excluding hydrogens is 352 g/mol. The van der Waals surface area contributed by atoms with Gasteiger partial charge in [0.2, 0.25) is 11.9 Å². The summed E-state index contributed by atoms with van der Waals surface area (Å²) in [5.41, 5.74) is 1.18. The van der Waals surface area contributed by atoms with Gasteiger partial charge in [0, 0.05) is 57.2 Å². The highest BCUT2D eigenvalue weighted by atomic mass is 16.2. The molecule has 0 spiro atoms. The maximum absolute atomic E-state index is 12.4. The van der Waals surface area contributed by atoms with Gasteiger partial charge in [0.05, 0.1) is 5.92 Å². The average Bonchev–Trinajstić information content (AvgIpc) is 3.53. The van der Waals surface area contributed by atoms with Crippen LogP contribution < -0.4 is 10.2 Å². The second-order valence-electron chi connectivity index (χ2n) is 8.91. The predicted molar refractivity (Wildman–Crippen MR) is 110 cm³/mol. The van der Waals surface area contributed by atoms with Gasteiger partial charge < -0.3 is 10.2 Å². The molecule has 2 aliphatic heterocycles. The highest BCUT2D eigenvalue weighted by Gasteiger charge is 2.33. The number of rotatable bonds is 6. The molecule has 3 aliphatic rings. The van der Waals surface area contributed by atoms with Gasteiger partial charge in [-0.05, 0) is 58.2 Å². The molecule has 3 heterocycles. The van der Waals surface area contributed by atoms with E-state index in [1.165, 1.54) is 31.2 Å². The molecule has 0 bridgehead atoms. The first-order chi connectivity index (χ1) is 13.6. The minimum Gasteiger partial charge on any atom is -0.353 e. The van der Waals surface area contributed by atoms with Gasteiger partial charge in [-0.2, -0.15) is 0 Å². The zero-order valence-electron chi connectivity index (χ0n) is 17.3. The minimum absolute atomic E-state index is 0.194.